The number of aliphatic hydroxyl groups excluding tert-OH is 1. The zero-order chi connectivity index (χ0) is 25.4. The predicted molar refractivity (Wildman–Crippen MR) is 117 cm³/mol. The lowest BCUT2D eigenvalue weighted by Gasteiger charge is -2.29. The van der Waals surface area contributed by atoms with Crippen LogP contribution in [0.4, 0.5) is 5.95 Å². The van der Waals surface area contributed by atoms with Gasteiger partial charge in [0.1, 0.15) is 6.10 Å². The molecule has 196 valence electrons. The first kappa shape index (κ1) is 26.3. The number of rotatable bonds is 9. The molecular formula is C16H26N6O11P2. The van der Waals surface area contributed by atoms with Crippen LogP contribution < -0.4 is 11.3 Å². The van der Waals surface area contributed by atoms with Crippen molar-refractivity contribution < 1.29 is 47.2 Å². The summed E-state index contributed by atoms with van der Waals surface area (Å²) in [7, 11) is -10.4. The van der Waals surface area contributed by atoms with E-state index in [0.717, 1.165) is 0 Å². The van der Waals surface area contributed by atoms with Crippen molar-refractivity contribution in [1.29, 1.82) is 0 Å². The highest BCUT2D eigenvalue weighted by molar-refractivity contribution is 7.60. The highest BCUT2D eigenvalue weighted by Gasteiger charge is 2.46. The van der Waals surface area contributed by atoms with Crippen LogP contribution in [0.15, 0.2) is 11.1 Å². The quantitative estimate of drug-likeness (QED) is 0.199. The van der Waals surface area contributed by atoms with Crippen LogP contribution in [0.5, 0.6) is 0 Å². The Balaban J connectivity index is 1.56. The van der Waals surface area contributed by atoms with E-state index in [9.17, 15) is 23.9 Å². The van der Waals surface area contributed by atoms with Crippen LogP contribution in [0.25, 0.3) is 11.2 Å². The van der Waals surface area contributed by atoms with E-state index in [0.29, 0.717) is 39.3 Å². The maximum absolute atomic E-state index is 12.1. The number of hydrogen-bond acceptors (Lipinski definition) is 12. The number of aromatic nitrogens is 4. The molecule has 1 unspecified atom stereocenters. The van der Waals surface area contributed by atoms with Crippen molar-refractivity contribution >= 4 is 32.8 Å². The first-order valence-corrected chi connectivity index (χ1v) is 13.6. The molecular weight excluding hydrogens is 514 g/mol. The lowest BCUT2D eigenvalue weighted by molar-refractivity contribution is -0.0488. The van der Waals surface area contributed by atoms with Crippen LogP contribution in [0.2, 0.25) is 0 Å². The maximum Gasteiger partial charge on any atom is 0.481 e. The summed E-state index contributed by atoms with van der Waals surface area (Å²) in [6.07, 6.45) is -1.67. The van der Waals surface area contributed by atoms with Crippen LogP contribution >= 0.6 is 15.6 Å². The Labute approximate surface area is 197 Å². The lowest BCUT2D eigenvalue weighted by Crippen LogP contribution is -2.39. The molecule has 4 heterocycles. The summed E-state index contributed by atoms with van der Waals surface area (Å²) in [5.74, 6) is -0.814. The van der Waals surface area contributed by atoms with Crippen molar-refractivity contribution in [2.24, 2.45) is 5.92 Å². The molecule has 7 N–H and O–H groups in total. The second-order valence-electron chi connectivity index (χ2n) is 8.07. The van der Waals surface area contributed by atoms with Crippen molar-refractivity contribution in [3.05, 3.63) is 16.7 Å². The third-order valence-electron chi connectivity index (χ3n) is 5.74. The Morgan fingerprint density at radius 1 is 1.26 bits per heavy atom. The number of hydrogen-bond donors (Lipinski definition) is 6. The number of phosphoric ester groups is 1. The van der Waals surface area contributed by atoms with Gasteiger partial charge >= 0.3 is 15.6 Å². The number of nitrogens with zero attached hydrogens (tertiary/aromatic N) is 4. The first-order chi connectivity index (χ1) is 16.4. The number of aromatic amines is 1. The van der Waals surface area contributed by atoms with Crippen LogP contribution in [-0.2, 0) is 27.4 Å². The second kappa shape index (κ2) is 10.3. The number of aliphatic hydroxyl groups is 1. The van der Waals surface area contributed by atoms with Gasteiger partial charge in [-0.05, 0) is 13.0 Å². The van der Waals surface area contributed by atoms with Crippen LogP contribution in [0, 0.1) is 5.92 Å². The molecule has 2 aliphatic heterocycles. The number of phosphoric acid groups is 2. The van der Waals surface area contributed by atoms with Crippen LogP contribution in [-0.4, -0.2) is 95.9 Å². The Morgan fingerprint density at radius 2 is 1.97 bits per heavy atom. The molecule has 0 aliphatic carbocycles. The normalized spacial score (nSPS) is 27.9. The Hall–Kier alpha value is -1.75. The third kappa shape index (κ3) is 6.34. The second-order valence-corrected chi connectivity index (χ2v) is 10.9. The van der Waals surface area contributed by atoms with Gasteiger partial charge in [0, 0.05) is 19.0 Å². The van der Waals surface area contributed by atoms with Crippen LogP contribution in [0.3, 0.4) is 0 Å². The number of fused-ring (bicyclic) bond motifs is 1. The molecule has 19 heteroatoms. The SMILES string of the molecule is Nc1nc2c(ncn2[C@@H]2O[C@H](COP(=O)(O)OP(=O)(O)O)[C@@H](CCN3CCOCC3)[C@H]2O)c(=O)[nH]1. The largest absolute Gasteiger partial charge is 0.481 e. The molecule has 0 spiro atoms. The number of ether oxygens (including phenoxy) is 2. The van der Waals surface area contributed by atoms with E-state index in [1.165, 1.54) is 10.9 Å². The van der Waals surface area contributed by atoms with Gasteiger partial charge in [0.05, 0.1) is 32.3 Å². The van der Waals surface area contributed by atoms with Gasteiger partial charge in [-0.25, -0.2) is 14.1 Å². The van der Waals surface area contributed by atoms with E-state index >= 15 is 0 Å². The lowest BCUT2D eigenvalue weighted by atomic mass is 9.94. The smallest absolute Gasteiger partial charge is 0.388 e. The fourth-order valence-corrected chi connectivity index (χ4v) is 5.75. The van der Waals surface area contributed by atoms with Crippen molar-refractivity contribution in [3.63, 3.8) is 0 Å². The van der Waals surface area contributed by atoms with Gasteiger partial charge in [0.2, 0.25) is 5.95 Å². The molecule has 0 amide bonds. The Bertz CT molecular complexity index is 1190. The van der Waals surface area contributed by atoms with Gasteiger partial charge in [-0.2, -0.15) is 9.29 Å². The average molecular weight is 540 g/mol. The third-order valence-corrected chi connectivity index (χ3v) is 7.89. The number of nitrogens with two attached hydrogens (primary N) is 1. The van der Waals surface area contributed by atoms with E-state index in [1.54, 1.807) is 0 Å². The van der Waals surface area contributed by atoms with Gasteiger partial charge in [-0.3, -0.25) is 23.8 Å². The van der Waals surface area contributed by atoms with Gasteiger partial charge in [-0.1, -0.05) is 0 Å². The summed E-state index contributed by atoms with van der Waals surface area (Å²) in [6, 6.07) is 0. The maximum atomic E-state index is 12.1. The Kier molecular flexibility index (Phi) is 7.76. The van der Waals surface area contributed by atoms with Crippen molar-refractivity contribution in [2.75, 3.05) is 45.2 Å². The van der Waals surface area contributed by atoms with Gasteiger partial charge < -0.3 is 35.0 Å². The molecule has 2 fully saturated rings. The number of anilines is 1. The van der Waals surface area contributed by atoms with Crippen molar-refractivity contribution in [2.45, 2.75) is 24.9 Å². The zero-order valence-electron chi connectivity index (χ0n) is 18.2. The fraction of sp³-hybridized carbons (Fsp3) is 0.688. The van der Waals surface area contributed by atoms with Gasteiger partial charge in [0.25, 0.3) is 5.56 Å². The molecule has 2 aliphatic rings. The topological polar surface area (TPSA) is 245 Å². The molecule has 0 bridgehead atoms. The molecule has 0 aromatic carbocycles. The fourth-order valence-electron chi connectivity index (χ4n) is 4.15. The van der Waals surface area contributed by atoms with Gasteiger partial charge in [0.15, 0.2) is 17.4 Å². The van der Waals surface area contributed by atoms with E-state index in [4.69, 9.17) is 29.5 Å². The molecule has 0 saturated carbocycles. The van der Waals surface area contributed by atoms with Crippen LogP contribution in [0.1, 0.15) is 12.6 Å². The minimum atomic E-state index is -5.31. The van der Waals surface area contributed by atoms with E-state index in [2.05, 4.69) is 24.2 Å². The summed E-state index contributed by atoms with van der Waals surface area (Å²) in [4.78, 5) is 51.9. The summed E-state index contributed by atoms with van der Waals surface area (Å²) in [5.41, 5.74) is 5.07. The predicted octanol–water partition coefficient (Wildman–Crippen LogP) is -1.48. The van der Waals surface area contributed by atoms with Crippen molar-refractivity contribution in [1.82, 2.24) is 24.4 Å². The molecule has 4 rings (SSSR count). The number of nitrogen functional groups attached to an aromatic ring is 1. The molecule has 2 aromatic heterocycles. The highest BCUT2D eigenvalue weighted by atomic mass is 31.3. The first-order valence-electron chi connectivity index (χ1n) is 10.5. The zero-order valence-corrected chi connectivity index (χ0v) is 20.0. The molecule has 17 nitrogen and oxygen atoms in total. The average Bonchev–Trinajstić information content (AvgIpc) is 3.30. The summed E-state index contributed by atoms with van der Waals surface area (Å²) >= 11 is 0. The molecule has 2 saturated heterocycles. The van der Waals surface area contributed by atoms with E-state index in [1.807, 2.05) is 0 Å². The number of nitrogens with one attached hydrogen (secondary N) is 1. The van der Waals surface area contributed by atoms with Gasteiger partial charge in [-0.15, -0.1) is 0 Å². The summed E-state index contributed by atoms with van der Waals surface area (Å²) in [6.45, 7) is 2.42. The number of morpholine rings is 1. The molecule has 2 aromatic rings. The molecule has 5 atom stereocenters. The molecule has 0 radical (unpaired) electrons. The van der Waals surface area contributed by atoms with E-state index < -0.39 is 52.2 Å². The highest BCUT2D eigenvalue weighted by Crippen LogP contribution is 2.58. The minimum absolute atomic E-state index is 0.0329. The van der Waals surface area contributed by atoms with E-state index in [-0.39, 0.29) is 17.1 Å². The summed E-state index contributed by atoms with van der Waals surface area (Å²) in [5, 5.41) is 11.1. The van der Waals surface area contributed by atoms with Crippen molar-refractivity contribution in [3.8, 4) is 0 Å². The minimum Gasteiger partial charge on any atom is -0.388 e. The molecule has 35 heavy (non-hydrogen) atoms. The number of H-pyrrole nitrogens is 1. The number of imidazole rings is 1. The summed E-state index contributed by atoms with van der Waals surface area (Å²) < 4.78 is 44.0. The Morgan fingerprint density at radius 3 is 2.66 bits per heavy atom. The monoisotopic (exact) mass is 540 g/mol. The standard InChI is InChI=1S/C16H26N6O11P2/c17-16-19-13-11(14(24)20-16)18-8-22(13)15-12(23)9(1-2-21-3-5-30-6-4-21)10(32-15)7-31-35(28,29)33-34(25,26)27/h8-10,12,15,23H,1-7H2,(H,28,29)(H2,25,26,27)(H3,17,19,20,24)/t9-,10-,12-,15-/m1/s1.